The quantitative estimate of drug-likeness (QED) is 0.351. The molecule has 1 unspecified atom stereocenters. The van der Waals surface area contributed by atoms with Crippen LogP contribution < -0.4 is 5.69 Å². The monoisotopic (exact) mass is 523 g/mol. The number of benzene rings is 1. The predicted octanol–water partition coefficient (Wildman–Crippen LogP) is 5.07. The summed E-state index contributed by atoms with van der Waals surface area (Å²) in [5.41, 5.74) is -1.26. The molecule has 1 aliphatic rings. The Balaban J connectivity index is 1.69. The molecule has 0 saturated heterocycles. The van der Waals surface area contributed by atoms with Gasteiger partial charge in [0.25, 0.3) is 0 Å². The molecular formula is C22H18BrF4N5O. The zero-order chi connectivity index (χ0) is 23.5. The van der Waals surface area contributed by atoms with E-state index in [-0.39, 0.29) is 27.5 Å². The fourth-order valence-electron chi connectivity index (χ4n) is 4.46. The third kappa shape index (κ3) is 3.77. The van der Waals surface area contributed by atoms with Crippen LogP contribution >= 0.6 is 15.9 Å². The molecule has 0 bridgehead atoms. The highest BCUT2D eigenvalue weighted by atomic mass is 79.9. The van der Waals surface area contributed by atoms with E-state index in [9.17, 15) is 22.4 Å². The number of nitrogens with zero attached hydrogens (tertiary/aromatic N) is 5. The van der Waals surface area contributed by atoms with Gasteiger partial charge in [-0.2, -0.15) is 13.2 Å². The van der Waals surface area contributed by atoms with E-state index in [2.05, 4.69) is 26.1 Å². The van der Waals surface area contributed by atoms with Gasteiger partial charge in [0.2, 0.25) is 0 Å². The molecule has 1 fully saturated rings. The van der Waals surface area contributed by atoms with Crippen LogP contribution in [0.3, 0.4) is 0 Å². The number of pyridine rings is 1. The Morgan fingerprint density at radius 1 is 1.15 bits per heavy atom. The van der Waals surface area contributed by atoms with Crippen LogP contribution in [0.1, 0.15) is 42.1 Å². The van der Waals surface area contributed by atoms with Crippen molar-refractivity contribution in [3.8, 4) is 5.69 Å². The van der Waals surface area contributed by atoms with Crippen LogP contribution in [-0.4, -0.2) is 23.7 Å². The largest absolute Gasteiger partial charge is 0.418 e. The van der Waals surface area contributed by atoms with Gasteiger partial charge in [0, 0.05) is 29.8 Å². The molecule has 1 aliphatic carbocycles. The second-order valence-electron chi connectivity index (χ2n) is 8.32. The first kappa shape index (κ1) is 21.9. The number of hydrogen-bond donors (Lipinski definition) is 0. The average molecular weight is 524 g/mol. The lowest BCUT2D eigenvalue weighted by atomic mass is 9.72. The lowest BCUT2D eigenvalue weighted by molar-refractivity contribution is -0.136. The summed E-state index contributed by atoms with van der Waals surface area (Å²) >= 11 is 3.03. The fourth-order valence-corrected chi connectivity index (χ4v) is 4.89. The molecule has 1 saturated carbocycles. The van der Waals surface area contributed by atoms with Crippen molar-refractivity contribution in [2.75, 3.05) is 0 Å². The molecule has 4 aromatic rings. The molecule has 0 N–H and O–H groups in total. The van der Waals surface area contributed by atoms with Crippen molar-refractivity contribution in [3.63, 3.8) is 0 Å². The smallest absolute Gasteiger partial charge is 0.320 e. The van der Waals surface area contributed by atoms with Crippen molar-refractivity contribution < 1.29 is 17.6 Å². The summed E-state index contributed by atoms with van der Waals surface area (Å²) in [6.07, 6.45) is 2.21. The van der Waals surface area contributed by atoms with Gasteiger partial charge in [-0.1, -0.05) is 6.42 Å². The topological polar surface area (TPSA) is 57.1 Å². The second kappa shape index (κ2) is 7.82. The summed E-state index contributed by atoms with van der Waals surface area (Å²) < 4.78 is 59.3. The maximum Gasteiger partial charge on any atom is 0.418 e. The molecule has 1 aromatic carbocycles. The molecule has 1 atom stereocenters. The van der Waals surface area contributed by atoms with Crippen molar-refractivity contribution >= 4 is 21.4 Å². The maximum absolute atomic E-state index is 14.8. The highest BCUT2D eigenvalue weighted by Crippen LogP contribution is 2.43. The van der Waals surface area contributed by atoms with Gasteiger partial charge in [-0.3, -0.25) is 8.97 Å². The minimum absolute atomic E-state index is 0.106. The summed E-state index contributed by atoms with van der Waals surface area (Å²) in [6.45, 7) is 0. The lowest BCUT2D eigenvalue weighted by Gasteiger charge is -2.33. The molecule has 0 spiro atoms. The number of rotatable bonds is 4. The van der Waals surface area contributed by atoms with Gasteiger partial charge in [-0.15, -0.1) is 10.2 Å². The van der Waals surface area contributed by atoms with E-state index in [1.807, 2.05) is 7.05 Å². The standard InChI is InChI=1S/C22H18BrF4N5O/c1-30-11-28-29-20(30)19(12-3-2-4-12)13-5-15(24)8-16(6-13)31-10-18-17(22(25,26)27)7-14(23)9-32(18)21(31)33/h5-12,19H,2-4H2,1H3. The van der Waals surface area contributed by atoms with Gasteiger partial charge in [0.15, 0.2) is 0 Å². The number of imidazole rings is 1. The number of alkyl halides is 3. The van der Waals surface area contributed by atoms with Crippen LogP contribution in [0.25, 0.3) is 11.2 Å². The van der Waals surface area contributed by atoms with Crippen molar-refractivity contribution in [2.45, 2.75) is 31.4 Å². The van der Waals surface area contributed by atoms with E-state index in [0.717, 1.165) is 46.6 Å². The van der Waals surface area contributed by atoms with Crippen molar-refractivity contribution in [1.29, 1.82) is 0 Å². The molecular weight excluding hydrogens is 506 g/mol. The summed E-state index contributed by atoms with van der Waals surface area (Å²) in [5, 5.41) is 8.16. The Kier molecular flexibility index (Phi) is 5.19. The summed E-state index contributed by atoms with van der Waals surface area (Å²) in [6, 6.07) is 5.08. The minimum Gasteiger partial charge on any atom is -0.320 e. The predicted molar refractivity (Wildman–Crippen MR) is 116 cm³/mol. The Morgan fingerprint density at radius 3 is 2.52 bits per heavy atom. The van der Waals surface area contributed by atoms with Gasteiger partial charge in [0.1, 0.15) is 18.0 Å². The van der Waals surface area contributed by atoms with Crippen molar-refractivity contribution in [1.82, 2.24) is 23.7 Å². The van der Waals surface area contributed by atoms with Gasteiger partial charge in [-0.25, -0.2) is 9.18 Å². The van der Waals surface area contributed by atoms with E-state index in [0.29, 0.717) is 11.4 Å². The highest BCUT2D eigenvalue weighted by molar-refractivity contribution is 9.10. The number of aromatic nitrogens is 5. The average Bonchev–Trinajstić information content (AvgIpc) is 3.26. The Morgan fingerprint density at radius 2 is 1.91 bits per heavy atom. The molecule has 0 aliphatic heterocycles. The first-order valence-corrected chi connectivity index (χ1v) is 11.1. The molecule has 33 heavy (non-hydrogen) atoms. The van der Waals surface area contributed by atoms with Gasteiger partial charge in [0.05, 0.1) is 16.8 Å². The van der Waals surface area contributed by atoms with Crippen LogP contribution in [0.2, 0.25) is 0 Å². The van der Waals surface area contributed by atoms with E-state index < -0.39 is 23.2 Å². The zero-order valence-electron chi connectivity index (χ0n) is 17.4. The Bertz CT molecular complexity index is 1420. The highest BCUT2D eigenvalue weighted by Gasteiger charge is 2.35. The fraction of sp³-hybridized carbons (Fsp3) is 0.318. The van der Waals surface area contributed by atoms with Gasteiger partial charge < -0.3 is 4.57 Å². The van der Waals surface area contributed by atoms with Crippen LogP contribution in [-0.2, 0) is 13.2 Å². The van der Waals surface area contributed by atoms with Crippen molar-refractivity contribution in [3.05, 3.63) is 80.7 Å². The summed E-state index contributed by atoms with van der Waals surface area (Å²) in [7, 11) is 1.81. The van der Waals surface area contributed by atoms with Crippen LogP contribution in [0.5, 0.6) is 0 Å². The molecule has 3 heterocycles. The molecule has 6 nitrogen and oxygen atoms in total. The second-order valence-corrected chi connectivity index (χ2v) is 9.23. The normalized spacial score (nSPS) is 15.7. The molecule has 3 aromatic heterocycles. The molecule has 0 amide bonds. The van der Waals surface area contributed by atoms with Crippen molar-refractivity contribution in [2.24, 2.45) is 13.0 Å². The molecule has 5 rings (SSSR count). The number of halogens is 5. The first-order valence-electron chi connectivity index (χ1n) is 10.3. The lowest BCUT2D eigenvalue weighted by Crippen LogP contribution is -2.24. The molecule has 172 valence electrons. The summed E-state index contributed by atoms with van der Waals surface area (Å²) in [4.78, 5) is 13.0. The summed E-state index contributed by atoms with van der Waals surface area (Å²) in [5.74, 6) is 0.0794. The van der Waals surface area contributed by atoms with Crippen LogP contribution in [0.15, 0.2) is 52.3 Å². The van der Waals surface area contributed by atoms with E-state index in [1.165, 1.54) is 12.3 Å². The Hall–Kier alpha value is -2.95. The molecule has 11 heteroatoms. The first-order chi connectivity index (χ1) is 15.6. The van der Waals surface area contributed by atoms with Gasteiger partial charge >= 0.3 is 11.9 Å². The van der Waals surface area contributed by atoms with E-state index >= 15 is 0 Å². The number of fused-ring (bicyclic) bond motifs is 1. The zero-order valence-corrected chi connectivity index (χ0v) is 18.9. The number of aryl methyl sites for hydroxylation is 1. The van der Waals surface area contributed by atoms with E-state index in [4.69, 9.17) is 0 Å². The number of hydrogen-bond acceptors (Lipinski definition) is 3. The maximum atomic E-state index is 14.8. The SMILES string of the molecule is Cn1cnnc1C(c1cc(F)cc(-n2cc3c(C(F)(F)F)cc(Br)cn3c2=O)c1)C1CCC1. The van der Waals surface area contributed by atoms with E-state index in [1.54, 1.807) is 17.0 Å². The van der Waals surface area contributed by atoms with Crippen LogP contribution in [0.4, 0.5) is 17.6 Å². The third-order valence-corrected chi connectivity index (χ3v) is 6.66. The minimum atomic E-state index is -4.67. The van der Waals surface area contributed by atoms with Crippen LogP contribution in [0, 0.1) is 11.7 Å². The molecule has 0 radical (unpaired) electrons. The third-order valence-electron chi connectivity index (χ3n) is 6.23. The Labute approximate surface area is 193 Å². The van der Waals surface area contributed by atoms with Gasteiger partial charge in [-0.05, 0) is 64.5 Å².